The van der Waals surface area contributed by atoms with Crippen LogP contribution in [0.2, 0.25) is 0 Å². The van der Waals surface area contributed by atoms with Crippen LogP contribution >= 0.6 is 0 Å². The summed E-state index contributed by atoms with van der Waals surface area (Å²) in [7, 11) is -3.40. The fourth-order valence-electron chi connectivity index (χ4n) is 6.81. The van der Waals surface area contributed by atoms with Crippen LogP contribution in [0.25, 0.3) is 0 Å². The van der Waals surface area contributed by atoms with Crippen LogP contribution in [-0.2, 0) is 29.0 Å². The Morgan fingerprint density at radius 2 is 1.64 bits per heavy atom. The first-order valence-corrected chi connectivity index (χ1v) is 19.0. The molecule has 1 saturated heterocycles. The Hall–Kier alpha value is -2.96. The van der Waals surface area contributed by atoms with Crippen LogP contribution in [0.3, 0.4) is 0 Å². The first-order chi connectivity index (χ1) is 21.7. The Morgan fingerprint density at radius 3 is 2.17 bits per heavy atom. The van der Waals surface area contributed by atoms with Gasteiger partial charge in [0.2, 0.25) is 17.6 Å². The Balaban J connectivity index is 1.87. The van der Waals surface area contributed by atoms with Gasteiger partial charge in [0.25, 0.3) is 5.91 Å². The summed E-state index contributed by atoms with van der Waals surface area (Å²) in [4.78, 5) is 69.2. The monoisotopic (exact) mass is 679 g/mol. The average Bonchev–Trinajstić information content (AvgIpc) is 3.77. The van der Waals surface area contributed by atoms with Gasteiger partial charge >= 0.3 is 6.03 Å². The highest BCUT2D eigenvalue weighted by atomic mass is 32.2. The summed E-state index contributed by atoms with van der Waals surface area (Å²) in [5, 5.41) is 11.1. The van der Waals surface area contributed by atoms with Gasteiger partial charge in [-0.1, -0.05) is 79.7 Å². The molecule has 12 nitrogen and oxygen atoms in total. The van der Waals surface area contributed by atoms with Crippen molar-refractivity contribution in [2.45, 2.75) is 123 Å². The highest BCUT2D eigenvalue weighted by Crippen LogP contribution is 2.40. The Morgan fingerprint density at radius 1 is 1.02 bits per heavy atom. The van der Waals surface area contributed by atoms with E-state index in [2.05, 4.69) is 27.8 Å². The number of carbonyl (C=O) groups excluding carboxylic acids is 5. The molecule has 0 aromatic rings. The first-order valence-electron chi connectivity index (χ1n) is 17.0. The second kappa shape index (κ2) is 15.1. The number of sulfone groups is 1. The van der Waals surface area contributed by atoms with E-state index in [1.807, 2.05) is 41.5 Å². The Labute approximate surface area is 280 Å². The molecule has 4 N–H and O–H groups in total. The van der Waals surface area contributed by atoms with Crippen molar-refractivity contribution in [3.63, 3.8) is 0 Å². The van der Waals surface area contributed by atoms with E-state index >= 15 is 0 Å². The van der Waals surface area contributed by atoms with Gasteiger partial charge < -0.3 is 26.2 Å². The summed E-state index contributed by atoms with van der Waals surface area (Å²) < 4.78 is 24.6. The van der Waals surface area contributed by atoms with E-state index < -0.39 is 68.5 Å². The third-order valence-corrected chi connectivity index (χ3v) is 11.2. The summed E-state index contributed by atoms with van der Waals surface area (Å²) in [6, 6.07) is -3.64. The van der Waals surface area contributed by atoms with Crippen LogP contribution in [0.5, 0.6) is 0 Å². The normalized spacial score (nSPS) is 23.9. The van der Waals surface area contributed by atoms with Gasteiger partial charge in [-0.25, -0.2) is 13.2 Å². The fraction of sp³-hybridized carbons (Fsp3) is 0.794. The minimum Gasteiger partial charge on any atom is -0.346 e. The number of amides is 5. The van der Waals surface area contributed by atoms with Gasteiger partial charge in [-0.3, -0.25) is 19.2 Å². The van der Waals surface area contributed by atoms with E-state index in [0.717, 1.165) is 38.4 Å². The molecule has 1 heterocycles. The number of hydrogen-bond donors (Lipinski definition) is 4. The van der Waals surface area contributed by atoms with Crippen molar-refractivity contribution in [1.82, 2.24) is 26.2 Å². The lowest BCUT2D eigenvalue weighted by atomic mass is 9.71. The van der Waals surface area contributed by atoms with E-state index in [1.54, 1.807) is 0 Å². The molecule has 2 unspecified atom stereocenters. The molecular weight excluding hydrogens is 622 g/mol. The third kappa shape index (κ3) is 10.8. The predicted octanol–water partition coefficient (Wildman–Crippen LogP) is 2.87. The molecule has 0 aromatic carbocycles. The Kier molecular flexibility index (Phi) is 12.3. The van der Waals surface area contributed by atoms with Gasteiger partial charge in [-0.2, -0.15) is 0 Å². The van der Waals surface area contributed by atoms with Crippen LogP contribution in [-0.4, -0.2) is 91.6 Å². The summed E-state index contributed by atoms with van der Waals surface area (Å²) in [6.45, 7) is 15.5. The zero-order valence-electron chi connectivity index (χ0n) is 29.4. The van der Waals surface area contributed by atoms with Gasteiger partial charge in [0.1, 0.15) is 21.9 Å². The number of urea groups is 1. The molecule has 5 amide bonds. The van der Waals surface area contributed by atoms with Gasteiger partial charge in [0.05, 0.1) is 17.3 Å². The lowest BCUT2D eigenvalue weighted by Crippen LogP contribution is -2.66. The van der Waals surface area contributed by atoms with Crippen LogP contribution in [0.15, 0.2) is 12.7 Å². The number of likely N-dealkylation sites (tertiary alicyclic amines) is 1. The summed E-state index contributed by atoms with van der Waals surface area (Å²) in [5.41, 5.74) is -2.01. The number of ketones is 1. The zero-order chi connectivity index (χ0) is 35.4. The second-order valence-corrected chi connectivity index (χ2v) is 18.2. The summed E-state index contributed by atoms with van der Waals surface area (Å²) >= 11 is 0. The molecule has 0 spiro atoms. The Bertz CT molecular complexity index is 1310. The molecule has 4 atom stereocenters. The van der Waals surface area contributed by atoms with Crippen molar-refractivity contribution >= 4 is 39.4 Å². The van der Waals surface area contributed by atoms with Gasteiger partial charge in [-0.15, -0.1) is 6.58 Å². The minimum atomic E-state index is -3.40. The van der Waals surface area contributed by atoms with Crippen molar-refractivity contribution in [3.05, 3.63) is 12.7 Å². The molecule has 1 aliphatic heterocycles. The molecule has 266 valence electrons. The molecule has 0 radical (unpaired) electrons. The van der Waals surface area contributed by atoms with Gasteiger partial charge in [0.15, 0.2) is 0 Å². The highest BCUT2D eigenvalue weighted by Gasteiger charge is 2.48. The van der Waals surface area contributed by atoms with E-state index in [0.29, 0.717) is 25.7 Å². The van der Waals surface area contributed by atoms with E-state index in [9.17, 15) is 32.4 Å². The van der Waals surface area contributed by atoms with Gasteiger partial charge in [-0.05, 0) is 48.3 Å². The van der Waals surface area contributed by atoms with Gasteiger partial charge in [0, 0.05) is 19.3 Å². The molecule has 2 aliphatic carbocycles. The summed E-state index contributed by atoms with van der Waals surface area (Å²) in [5.74, 6) is -2.42. The molecule has 3 aliphatic rings. The molecule has 47 heavy (non-hydrogen) atoms. The molecule has 13 heteroatoms. The lowest BCUT2D eigenvalue weighted by molar-refractivity contribution is -0.151. The highest BCUT2D eigenvalue weighted by molar-refractivity contribution is 7.90. The van der Waals surface area contributed by atoms with E-state index in [-0.39, 0.29) is 36.1 Å². The standard InChI is InChI=1S/C34H57N5O7S/c1-9-17-35-29(42)26(40)24(18-23-13-14-23)36-28(41)25-19-33(6,7)22(2)20-39(25)30(43)27(32(3,4)5)37-31(44)38-34(21-47(8,45)46)15-11-10-12-16-34/h9,22-25,27H,1,10-21H2,2-8H3,(H,35,42)(H,36,41)(H2,37,38,44)/t22?,24?,25-,27+/m0/s1. The molecule has 0 bridgehead atoms. The van der Waals surface area contributed by atoms with E-state index in [1.165, 1.54) is 11.0 Å². The van der Waals surface area contributed by atoms with E-state index in [4.69, 9.17) is 0 Å². The quantitative estimate of drug-likeness (QED) is 0.171. The molecule has 3 fully saturated rings. The predicted molar refractivity (Wildman–Crippen MR) is 181 cm³/mol. The van der Waals surface area contributed by atoms with Crippen LogP contribution < -0.4 is 21.3 Å². The average molecular weight is 680 g/mol. The smallest absolute Gasteiger partial charge is 0.315 e. The number of hydrogen-bond acceptors (Lipinski definition) is 7. The van der Waals surface area contributed by atoms with Crippen LogP contribution in [0, 0.1) is 22.7 Å². The summed E-state index contributed by atoms with van der Waals surface area (Å²) in [6.07, 6.45) is 8.69. The number of nitrogens with one attached hydrogen (secondary N) is 4. The molecular formula is C34H57N5O7S. The molecule has 0 aromatic heterocycles. The lowest BCUT2D eigenvalue weighted by Gasteiger charge is -2.49. The fourth-order valence-corrected chi connectivity index (χ4v) is 8.18. The second-order valence-electron chi connectivity index (χ2n) is 16.0. The van der Waals surface area contributed by atoms with Crippen molar-refractivity contribution < 1.29 is 32.4 Å². The molecule has 3 rings (SSSR count). The zero-order valence-corrected chi connectivity index (χ0v) is 30.2. The van der Waals surface area contributed by atoms with Crippen molar-refractivity contribution in [2.24, 2.45) is 22.7 Å². The van der Waals surface area contributed by atoms with Crippen LogP contribution in [0.4, 0.5) is 4.79 Å². The van der Waals surface area contributed by atoms with Crippen molar-refractivity contribution in [3.8, 4) is 0 Å². The number of carbonyl (C=O) groups is 5. The maximum absolute atomic E-state index is 14.5. The number of piperidine rings is 1. The largest absolute Gasteiger partial charge is 0.346 e. The maximum Gasteiger partial charge on any atom is 0.315 e. The van der Waals surface area contributed by atoms with Crippen molar-refractivity contribution in [2.75, 3.05) is 25.1 Å². The first kappa shape index (κ1) is 38.5. The third-order valence-electron chi connectivity index (χ3n) is 10.1. The minimum absolute atomic E-state index is 0.0128. The SMILES string of the molecule is C=CCNC(=O)C(=O)C(CC1CC1)NC(=O)[C@@H]1CC(C)(C)C(C)CN1C(=O)[C@@H](NC(=O)NC1(CS(C)(=O)=O)CCCCC1)C(C)(C)C. The maximum atomic E-state index is 14.5. The number of rotatable bonds is 13. The number of nitrogens with zero attached hydrogens (tertiary/aromatic N) is 1. The topological polar surface area (TPSA) is 171 Å². The molecule has 2 saturated carbocycles. The number of Topliss-reactive ketones (excluding diaryl/α,β-unsaturated/α-hetero) is 1. The van der Waals surface area contributed by atoms with Crippen molar-refractivity contribution in [1.29, 1.82) is 0 Å². The van der Waals surface area contributed by atoms with Crippen LogP contribution in [0.1, 0.15) is 99.3 Å².